The van der Waals surface area contributed by atoms with Crippen molar-refractivity contribution in [3.05, 3.63) is 202 Å². The first-order valence-corrected chi connectivity index (χ1v) is 18.6. The number of hydrogen-bond acceptors (Lipinski definition) is 4. The Bertz CT molecular complexity index is 1990. The first-order valence-electron chi connectivity index (χ1n) is 18.6. The number of rotatable bonds is 18. The molecule has 5 aromatic rings. The Hall–Kier alpha value is -5.74. The third-order valence-electron chi connectivity index (χ3n) is 9.84. The highest BCUT2D eigenvalue weighted by molar-refractivity contribution is 5.56. The van der Waals surface area contributed by atoms with Crippen LogP contribution in [0.2, 0.25) is 0 Å². The molecular formula is C50H54O4. The second-order valence-electron chi connectivity index (χ2n) is 13.9. The van der Waals surface area contributed by atoms with Crippen LogP contribution in [0.25, 0.3) is 0 Å². The third kappa shape index (κ3) is 9.06. The molecule has 0 aliphatic rings. The molecule has 0 N–H and O–H groups in total. The van der Waals surface area contributed by atoms with Crippen LogP contribution in [0, 0.1) is 41.5 Å². The second kappa shape index (κ2) is 18.3. The summed E-state index contributed by atoms with van der Waals surface area (Å²) in [5, 5.41) is 0. The monoisotopic (exact) mass is 718 g/mol. The smallest absolute Gasteiger partial charge is 0.122 e. The van der Waals surface area contributed by atoms with Crippen molar-refractivity contribution in [3.8, 4) is 23.0 Å². The summed E-state index contributed by atoms with van der Waals surface area (Å²) in [4.78, 5) is 0. The first-order chi connectivity index (χ1) is 26.1. The summed E-state index contributed by atoms with van der Waals surface area (Å²) in [7, 11) is 0. The van der Waals surface area contributed by atoms with E-state index in [0.29, 0.717) is 26.4 Å². The van der Waals surface area contributed by atoms with Gasteiger partial charge in [-0.15, -0.1) is 0 Å². The highest BCUT2D eigenvalue weighted by Crippen LogP contribution is 2.42. The van der Waals surface area contributed by atoms with E-state index in [2.05, 4.69) is 153 Å². The highest BCUT2D eigenvalue weighted by Gasteiger charge is 2.25. The van der Waals surface area contributed by atoms with Crippen molar-refractivity contribution in [2.45, 2.75) is 53.4 Å². The van der Waals surface area contributed by atoms with E-state index in [1.54, 1.807) is 24.3 Å². The maximum atomic E-state index is 6.04. The number of benzene rings is 5. The fourth-order valence-corrected chi connectivity index (χ4v) is 7.17. The van der Waals surface area contributed by atoms with Crippen LogP contribution in [0.1, 0.15) is 78.6 Å². The molecule has 0 saturated carbocycles. The Kier molecular flexibility index (Phi) is 13.4. The van der Waals surface area contributed by atoms with Crippen LogP contribution in [0.5, 0.6) is 23.0 Å². The number of hydrogen-bond donors (Lipinski definition) is 0. The minimum atomic E-state index is -0.0242. The lowest BCUT2D eigenvalue weighted by Crippen LogP contribution is -2.10. The molecule has 54 heavy (non-hydrogen) atoms. The van der Waals surface area contributed by atoms with Crippen molar-refractivity contribution >= 4 is 0 Å². The van der Waals surface area contributed by atoms with Gasteiger partial charge in [0, 0.05) is 11.8 Å². The lowest BCUT2D eigenvalue weighted by atomic mass is 9.78. The van der Waals surface area contributed by atoms with Gasteiger partial charge >= 0.3 is 0 Å². The summed E-state index contributed by atoms with van der Waals surface area (Å²) in [6, 6.07) is 31.0. The van der Waals surface area contributed by atoms with Crippen LogP contribution < -0.4 is 18.9 Å². The quantitative estimate of drug-likeness (QED) is 0.0668. The van der Waals surface area contributed by atoms with E-state index < -0.39 is 0 Å². The zero-order chi connectivity index (χ0) is 38.8. The molecule has 0 bridgehead atoms. The van der Waals surface area contributed by atoms with Crippen LogP contribution in [0.4, 0.5) is 0 Å². The predicted octanol–water partition coefficient (Wildman–Crippen LogP) is 12.2. The van der Waals surface area contributed by atoms with Gasteiger partial charge in [0.15, 0.2) is 0 Å². The summed E-state index contributed by atoms with van der Waals surface area (Å²) in [5.74, 6) is 3.43. The van der Waals surface area contributed by atoms with Gasteiger partial charge in [0.2, 0.25) is 0 Å². The molecule has 0 atom stereocenters. The van der Waals surface area contributed by atoms with Gasteiger partial charge in [-0.05, 0) is 133 Å². The van der Waals surface area contributed by atoms with Crippen LogP contribution in [-0.4, -0.2) is 26.4 Å². The molecule has 0 saturated heterocycles. The van der Waals surface area contributed by atoms with Crippen LogP contribution in [0.15, 0.2) is 136 Å². The SMILES string of the molecule is C=CCOc1ccc(C(c2ccc(C(c3cc(C)c(OCC=C)cc3C)c3cc(C)c(OCC=C)cc3C)cc2)c2ccc(OCC=C)c(C)c2)cc1C. The lowest BCUT2D eigenvalue weighted by molar-refractivity contribution is 0.360. The molecule has 0 radical (unpaired) electrons. The lowest BCUT2D eigenvalue weighted by Gasteiger charge is -2.26. The van der Waals surface area contributed by atoms with Crippen molar-refractivity contribution in [3.63, 3.8) is 0 Å². The Morgan fingerprint density at radius 3 is 1.04 bits per heavy atom. The second-order valence-corrected chi connectivity index (χ2v) is 13.9. The summed E-state index contributed by atoms with van der Waals surface area (Å²) >= 11 is 0. The van der Waals surface area contributed by atoms with Crippen molar-refractivity contribution in [2.75, 3.05) is 26.4 Å². The molecule has 5 rings (SSSR count). The average molecular weight is 719 g/mol. The van der Waals surface area contributed by atoms with Gasteiger partial charge in [0.05, 0.1) is 0 Å². The molecule has 4 heteroatoms. The largest absolute Gasteiger partial charge is 0.489 e. The average Bonchev–Trinajstić information content (AvgIpc) is 3.16. The van der Waals surface area contributed by atoms with Crippen molar-refractivity contribution in [1.29, 1.82) is 0 Å². The van der Waals surface area contributed by atoms with E-state index in [-0.39, 0.29) is 11.8 Å². The minimum absolute atomic E-state index is 0.0210. The Labute approximate surface area is 323 Å². The fourth-order valence-electron chi connectivity index (χ4n) is 7.17. The third-order valence-corrected chi connectivity index (χ3v) is 9.84. The molecule has 0 aliphatic heterocycles. The van der Waals surface area contributed by atoms with Crippen molar-refractivity contribution in [1.82, 2.24) is 0 Å². The van der Waals surface area contributed by atoms with Crippen LogP contribution >= 0.6 is 0 Å². The molecule has 0 spiro atoms. The van der Waals surface area contributed by atoms with Crippen LogP contribution in [-0.2, 0) is 0 Å². The topological polar surface area (TPSA) is 36.9 Å². The molecule has 0 heterocycles. The first kappa shape index (κ1) is 39.5. The fraction of sp³-hybridized carbons (Fsp3) is 0.240. The highest BCUT2D eigenvalue weighted by atomic mass is 16.5. The maximum Gasteiger partial charge on any atom is 0.122 e. The normalized spacial score (nSPS) is 11.0. The molecule has 0 unspecified atom stereocenters. The standard InChI is InChI=1S/C50H54O4/c1-11-23-51-45-21-19-41(27-35(45)7)49(42-20-22-46(36(8)28-42)52-24-12-2)39-15-17-40(18-16-39)50(43-29-37(9)47(31-33(43)5)53-25-13-3)44-30-38(10)48(32-34(44)6)54-26-14-4/h11-22,27-32,49-50H,1-4,23-26H2,5-10H3. The Morgan fingerprint density at radius 2 is 0.685 bits per heavy atom. The molecule has 5 aromatic carbocycles. The Morgan fingerprint density at radius 1 is 0.370 bits per heavy atom. The van der Waals surface area contributed by atoms with Gasteiger partial charge in [0.1, 0.15) is 49.4 Å². The molecule has 0 aromatic heterocycles. The molecular weight excluding hydrogens is 665 g/mol. The summed E-state index contributed by atoms with van der Waals surface area (Å²) in [6.45, 7) is 29.9. The number of aryl methyl sites for hydroxylation is 6. The summed E-state index contributed by atoms with van der Waals surface area (Å²) in [5.41, 5.74) is 13.9. The van der Waals surface area contributed by atoms with E-state index >= 15 is 0 Å². The van der Waals surface area contributed by atoms with Crippen molar-refractivity contribution in [2.24, 2.45) is 0 Å². The molecule has 4 nitrogen and oxygen atoms in total. The van der Waals surface area contributed by atoms with Crippen molar-refractivity contribution < 1.29 is 18.9 Å². The minimum Gasteiger partial charge on any atom is -0.489 e. The van der Waals surface area contributed by atoms with Gasteiger partial charge in [-0.25, -0.2) is 0 Å². The molecule has 0 amide bonds. The van der Waals surface area contributed by atoms with E-state index in [4.69, 9.17) is 18.9 Å². The van der Waals surface area contributed by atoms with Gasteiger partial charge in [-0.3, -0.25) is 0 Å². The molecule has 0 fully saturated rings. The van der Waals surface area contributed by atoms with E-state index in [9.17, 15) is 0 Å². The van der Waals surface area contributed by atoms with E-state index in [0.717, 1.165) is 45.3 Å². The van der Waals surface area contributed by atoms with Crippen LogP contribution in [0.3, 0.4) is 0 Å². The summed E-state index contributed by atoms with van der Waals surface area (Å²) < 4.78 is 24.0. The van der Waals surface area contributed by atoms with Gasteiger partial charge in [-0.1, -0.05) is 111 Å². The molecule has 0 aliphatic carbocycles. The van der Waals surface area contributed by atoms with E-state index in [1.165, 1.54) is 44.5 Å². The van der Waals surface area contributed by atoms with Gasteiger partial charge in [-0.2, -0.15) is 0 Å². The maximum absolute atomic E-state index is 6.04. The van der Waals surface area contributed by atoms with E-state index in [1.807, 2.05) is 0 Å². The summed E-state index contributed by atoms with van der Waals surface area (Å²) in [6.07, 6.45) is 7.10. The zero-order valence-electron chi connectivity index (χ0n) is 32.8. The van der Waals surface area contributed by atoms with Gasteiger partial charge in [0.25, 0.3) is 0 Å². The number of ether oxygens (including phenoxy) is 4. The predicted molar refractivity (Wildman–Crippen MR) is 225 cm³/mol. The van der Waals surface area contributed by atoms with Gasteiger partial charge < -0.3 is 18.9 Å². The Balaban J connectivity index is 1.65. The molecule has 278 valence electrons. The zero-order valence-corrected chi connectivity index (χ0v) is 32.8.